The number of carbonyl (C=O) groups excluding carboxylic acids is 3. The van der Waals surface area contributed by atoms with Crippen LogP contribution in [0.1, 0.15) is 234 Å². The van der Waals surface area contributed by atoms with Crippen molar-refractivity contribution in [3.05, 3.63) is 11.6 Å². The average Bonchev–Trinajstić information content (AvgIpc) is 3.62. The summed E-state index contributed by atoms with van der Waals surface area (Å²) in [5.41, 5.74) is 7.83. The lowest BCUT2D eigenvalue weighted by atomic mass is 9.47. The molecule has 0 aromatic heterocycles. The predicted octanol–water partition coefficient (Wildman–Crippen LogP) is 13.5. The van der Waals surface area contributed by atoms with E-state index < -0.39 is 0 Å². The molecule has 0 spiro atoms. The molecule has 3 amide bonds. The summed E-state index contributed by atoms with van der Waals surface area (Å²) in [5.74, 6) is 4.80. The van der Waals surface area contributed by atoms with Crippen LogP contribution in [0.3, 0.4) is 0 Å². The van der Waals surface area contributed by atoms with E-state index in [0.29, 0.717) is 44.4 Å². The molecule has 0 aromatic rings. The molecule has 0 aromatic carbocycles. The number of rotatable bonds is 32. The normalized spacial score (nSPS) is 26.9. The molecule has 0 bridgehead atoms. The van der Waals surface area contributed by atoms with Crippen molar-refractivity contribution < 1.29 is 19.1 Å². The number of allylic oxidation sites excluding steroid dienone is 1. The van der Waals surface area contributed by atoms with Crippen molar-refractivity contribution in [1.29, 1.82) is 0 Å². The third kappa shape index (κ3) is 17.3. The molecule has 4 aliphatic carbocycles. The van der Waals surface area contributed by atoms with Crippen molar-refractivity contribution in [2.24, 2.45) is 52.1 Å². The van der Waals surface area contributed by atoms with Crippen LogP contribution in [0.2, 0.25) is 0 Å². The van der Waals surface area contributed by atoms with Crippen LogP contribution in [0.15, 0.2) is 11.6 Å². The molecule has 364 valence electrons. The molecular weight excluding hydrogens is 781 g/mol. The molecule has 0 radical (unpaired) electrons. The van der Waals surface area contributed by atoms with Gasteiger partial charge in [-0.1, -0.05) is 156 Å². The first-order valence-corrected chi connectivity index (χ1v) is 27.3. The average molecular weight is 881 g/mol. The number of carbonyl (C=O) groups is 3. The molecule has 8 heteroatoms. The Morgan fingerprint density at radius 3 is 2.05 bits per heavy atom. The number of amides is 3. The maximum absolute atomic E-state index is 13.9. The molecule has 0 saturated heterocycles. The highest BCUT2D eigenvalue weighted by Crippen LogP contribution is 2.67. The van der Waals surface area contributed by atoms with Crippen molar-refractivity contribution in [1.82, 2.24) is 15.5 Å². The summed E-state index contributed by atoms with van der Waals surface area (Å²) in [6, 6.07) is 0. The van der Waals surface area contributed by atoms with E-state index in [1.165, 1.54) is 121 Å². The molecule has 63 heavy (non-hydrogen) atoms. The molecule has 3 saturated carbocycles. The van der Waals surface area contributed by atoms with E-state index in [2.05, 4.69) is 58.3 Å². The van der Waals surface area contributed by atoms with Crippen LogP contribution in [0.25, 0.3) is 0 Å². The van der Waals surface area contributed by atoms with Gasteiger partial charge in [-0.3, -0.25) is 14.5 Å². The Balaban J connectivity index is 1.22. The van der Waals surface area contributed by atoms with Crippen LogP contribution in [0, 0.1) is 46.3 Å². The topological polar surface area (TPSA) is 114 Å². The molecule has 0 aliphatic heterocycles. The van der Waals surface area contributed by atoms with Gasteiger partial charge in [-0.05, 0) is 130 Å². The molecule has 3 fully saturated rings. The molecule has 8 nitrogen and oxygen atoms in total. The predicted molar refractivity (Wildman–Crippen MR) is 263 cm³/mol. The first kappa shape index (κ1) is 53.5. The van der Waals surface area contributed by atoms with E-state index in [0.717, 1.165) is 99.7 Å². The van der Waals surface area contributed by atoms with Gasteiger partial charge in [-0.2, -0.15) is 0 Å². The lowest BCUT2D eigenvalue weighted by Gasteiger charge is -2.58. The summed E-state index contributed by atoms with van der Waals surface area (Å²) in [4.78, 5) is 41.2. The third-order valence-corrected chi connectivity index (χ3v) is 17.0. The second-order valence-electron chi connectivity index (χ2n) is 22.2. The second kappa shape index (κ2) is 28.8. The summed E-state index contributed by atoms with van der Waals surface area (Å²) < 4.78 is 6.32. The molecular formula is C55H100N4O4. The first-order valence-electron chi connectivity index (χ1n) is 27.3. The standard InChI is InChI=1S/C55H100N4O4/c1-7-8-9-10-11-12-13-14-15-16-17-20-28-51(60)57-39-23-24-40-59(42-52(61)58-38-22-19-18-21-37-56)53(62)63-46-33-35-54(5)45(41-46)29-30-47-49-32-31-48(44(4)27-25-26-43(2)3)55(49,6)36-34-50(47)54/h29,43-44,46-50H,7-28,30-42,56H2,1-6H3,(H,57,60)(H,58,61)/t44-,46+,47+,48-,49+,50+,54+,55-/m1/s1. The van der Waals surface area contributed by atoms with Gasteiger partial charge in [0, 0.05) is 32.5 Å². The molecule has 8 atom stereocenters. The van der Waals surface area contributed by atoms with E-state index >= 15 is 0 Å². The second-order valence-corrected chi connectivity index (χ2v) is 22.2. The summed E-state index contributed by atoms with van der Waals surface area (Å²) in [6.45, 7) is 17.1. The van der Waals surface area contributed by atoms with Gasteiger partial charge in [0.1, 0.15) is 12.6 Å². The lowest BCUT2D eigenvalue weighted by Crippen LogP contribution is -2.51. The Bertz CT molecular complexity index is 1350. The zero-order chi connectivity index (χ0) is 45.5. The zero-order valence-electron chi connectivity index (χ0n) is 42.0. The number of ether oxygens (including phenoxy) is 1. The van der Waals surface area contributed by atoms with Crippen molar-refractivity contribution in [2.75, 3.05) is 32.7 Å². The minimum Gasteiger partial charge on any atom is -0.446 e. The van der Waals surface area contributed by atoms with Gasteiger partial charge in [0.25, 0.3) is 0 Å². The number of unbranched alkanes of at least 4 members (excludes halogenated alkanes) is 15. The Morgan fingerprint density at radius 2 is 1.37 bits per heavy atom. The van der Waals surface area contributed by atoms with Crippen LogP contribution >= 0.6 is 0 Å². The van der Waals surface area contributed by atoms with E-state index in [1.54, 1.807) is 4.90 Å². The van der Waals surface area contributed by atoms with Crippen molar-refractivity contribution in [3.63, 3.8) is 0 Å². The Kier molecular flexibility index (Phi) is 24.5. The van der Waals surface area contributed by atoms with Crippen molar-refractivity contribution in [3.8, 4) is 0 Å². The van der Waals surface area contributed by atoms with E-state index in [1.807, 2.05) is 0 Å². The highest BCUT2D eigenvalue weighted by atomic mass is 16.6. The van der Waals surface area contributed by atoms with E-state index in [9.17, 15) is 14.4 Å². The number of hydrogen-bond acceptors (Lipinski definition) is 5. The Morgan fingerprint density at radius 1 is 0.730 bits per heavy atom. The van der Waals surface area contributed by atoms with Gasteiger partial charge in [-0.25, -0.2) is 4.79 Å². The zero-order valence-corrected chi connectivity index (χ0v) is 42.0. The van der Waals surface area contributed by atoms with Crippen LogP contribution in [0.5, 0.6) is 0 Å². The van der Waals surface area contributed by atoms with Gasteiger partial charge in [-0.15, -0.1) is 0 Å². The fourth-order valence-corrected chi connectivity index (χ4v) is 13.2. The van der Waals surface area contributed by atoms with Crippen molar-refractivity contribution in [2.45, 2.75) is 240 Å². The van der Waals surface area contributed by atoms with Gasteiger partial charge < -0.3 is 21.1 Å². The van der Waals surface area contributed by atoms with Gasteiger partial charge >= 0.3 is 6.09 Å². The minimum atomic E-state index is -0.375. The van der Waals surface area contributed by atoms with E-state index in [4.69, 9.17) is 10.5 Å². The summed E-state index contributed by atoms with van der Waals surface area (Å²) in [6.07, 6.45) is 37.1. The maximum atomic E-state index is 13.9. The quantitative estimate of drug-likeness (QED) is 0.0460. The summed E-state index contributed by atoms with van der Waals surface area (Å²) >= 11 is 0. The molecule has 0 heterocycles. The lowest BCUT2D eigenvalue weighted by molar-refractivity contribution is -0.122. The summed E-state index contributed by atoms with van der Waals surface area (Å²) in [5, 5.41) is 6.13. The largest absolute Gasteiger partial charge is 0.446 e. The molecule has 4 aliphatic rings. The van der Waals surface area contributed by atoms with E-state index in [-0.39, 0.29) is 36.0 Å². The number of hydrogen-bond donors (Lipinski definition) is 3. The highest BCUT2D eigenvalue weighted by molar-refractivity contribution is 5.82. The van der Waals surface area contributed by atoms with Crippen LogP contribution in [-0.4, -0.2) is 61.6 Å². The smallest absolute Gasteiger partial charge is 0.410 e. The molecule has 4 rings (SSSR count). The SMILES string of the molecule is CCCCCCCCCCCCCCC(=O)NCCCCN(CC(=O)NCCCCCCN)C(=O)O[C@H]1CC[C@@]2(C)C(=CC[C@H]3[C@@H]4CC[C@H]([C@H](C)CCCC(C)C)[C@@]4(C)CC[C@@H]32)C1. The Labute approximate surface area is 388 Å². The van der Waals surface area contributed by atoms with Gasteiger partial charge in [0.05, 0.1) is 0 Å². The number of nitrogens with zero attached hydrogens (tertiary/aromatic N) is 1. The minimum absolute atomic E-state index is 0.00132. The Hall–Kier alpha value is -2.09. The van der Waals surface area contributed by atoms with Crippen LogP contribution in [0.4, 0.5) is 4.79 Å². The molecule has 4 N–H and O–H groups in total. The highest BCUT2D eigenvalue weighted by Gasteiger charge is 2.59. The van der Waals surface area contributed by atoms with Crippen molar-refractivity contribution >= 4 is 17.9 Å². The fraction of sp³-hybridized carbons (Fsp3) is 0.909. The van der Waals surface area contributed by atoms with Crippen LogP contribution in [-0.2, 0) is 14.3 Å². The first-order chi connectivity index (χ1) is 30.4. The van der Waals surface area contributed by atoms with Gasteiger partial charge in [0.2, 0.25) is 11.8 Å². The number of fused-ring (bicyclic) bond motifs is 5. The monoisotopic (exact) mass is 881 g/mol. The van der Waals surface area contributed by atoms with Crippen LogP contribution < -0.4 is 16.4 Å². The fourth-order valence-electron chi connectivity index (χ4n) is 13.2. The third-order valence-electron chi connectivity index (χ3n) is 17.0. The van der Waals surface area contributed by atoms with Gasteiger partial charge in [0.15, 0.2) is 0 Å². The maximum Gasteiger partial charge on any atom is 0.410 e. The number of nitrogens with two attached hydrogens (primary N) is 1. The number of nitrogens with one attached hydrogen (secondary N) is 2. The summed E-state index contributed by atoms with van der Waals surface area (Å²) in [7, 11) is 0. The molecule has 0 unspecified atom stereocenters.